The maximum absolute atomic E-state index is 13.5. The van der Waals surface area contributed by atoms with E-state index in [-0.39, 0.29) is 33.5 Å². The average molecular weight is 589 g/mol. The molecule has 0 fully saturated rings. The minimum absolute atomic E-state index is 0.0227. The van der Waals surface area contributed by atoms with Crippen LogP contribution in [-0.4, -0.2) is 38.7 Å². The Morgan fingerprint density at radius 2 is 1.61 bits per heavy atom. The summed E-state index contributed by atoms with van der Waals surface area (Å²) in [7, 11) is -3.97. The Bertz CT molecular complexity index is 1760. The van der Waals surface area contributed by atoms with Gasteiger partial charge in [0.1, 0.15) is 0 Å². The van der Waals surface area contributed by atoms with Crippen LogP contribution in [0.5, 0.6) is 0 Å². The summed E-state index contributed by atoms with van der Waals surface area (Å²) < 4.78 is 33.6. The number of rotatable bonds is 8. The van der Waals surface area contributed by atoms with Gasteiger partial charge in [0.25, 0.3) is 15.9 Å². The Labute approximate surface area is 242 Å². The Balaban J connectivity index is 1.28. The molecule has 0 aliphatic carbocycles. The van der Waals surface area contributed by atoms with Crippen LogP contribution in [0, 0.1) is 0 Å². The van der Waals surface area contributed by atoms with Crippen molar-refractivity contribution >= 4 is 50.7 Å². The zero-order chi connectivity index (χ0) is 29.1. The van der Waals surface area contributed by atoms with E-state index in [0.717, 1.165) is 5.56 Å². The normalized spacial score (nSPS) is 14.3. The fourth-order valence-corrected chi connectivity index (χ4v) is 6.67. The number of carbonyl (C=O) groups excluding carboxylic acids is 3. The van der Waals surface area contributed by atoms with Crippen molar-refractivity contribution in [3.8, 4) is 0 Å². The van der Waals surface area contributed by atoms with Crippen molar-refractivity contribution in [1.29, 1.82) is 0 Å². The average Bonchev–Trinajstić information content (AvgIpc) is 3.33. The molecule has 0 saturated carbocycles. The van der Waals surface area contributed by atoms with Gasteiger partial charge in [-0.05, 0) is 61.4 Å². The van der Waals surface area contributed by atoms with Crippen LogP contribution < -0.4 is 9.62 Å². The maximum atomic E-state index is 13.5. The van der Waals surface area contributed by atoms with E-state index < -0.39 is 28.5 Å². The Hall–Kier alpha value is -4.47. The van der Waals surface area contributed by atoms with Crippen LogP contribution >= 0.6 is 11.6 Å². The molecule has 5 rings (SSSR count). The first-order valence-electron chi connectivity index (χ1n) is 12.7. The third-order valence-corrected chi connectivity index (χ3v) is 8.80. The second-order valence-electron chi connectivity index (χ2n) is 9.52. The highest BCUT2D eigenvalue weighted by Gasteiger charge is 2.36. The number of esters is 1. The first-order valence-corrected chi connectivity index (χ1v) is 14.6. The van der Waals surface area contributed by atoms with E-state index in [9.17, 15) is 22.8 Å². The summed E-state index contributed by atoms with van der Waals surface area (Å²) in [6, 6.07) is 25.5. The van der Waals surface area contributed by atoms with E-state index in [4.69, 9.17) is 16.3 Å². The molecular weight excluding hydrogens is 564 g/mol. The molecule has 0 saturated heterocycles. The largest absolute Gasteiger partial charge is 0.452 e. The quantitative estimate of drug-likeness (QED) is 0.215. The molecule has 1 atom stereocenters. The van der Waals surface area contributed by atoms with Gasteiger partial charge in [0.2, 0.25) is 0 Å². The van der Waals surface area contributed by atoms with Gasteiger partial charge in [-0.1, -0.05) is 66.2 Å². The number of hydrogen-bond acceptors (Lipinski definition) is 6. The molecule has 208 valence electrons. The van der Waals surface area contributed by atoms with Gasteiger partial charge in [-0.3, -0.25) is 13.9 Å². The number of carbonyl (C=O) groups is 3. The standard InChI is InChI=1S/C31H25ClN2O6S/c1-20-16-22-10-5-6-13-28(22)34(20)41(38,39)25-12-7-11-23(17-25)31(37)40-19-29(35)33-27-15-14-24(32)18-26(27)30(36)21-8-3-2-4-9-21/h2-15,17-18,20H,16,19H2,1H3,(H,33,35)/t20-/m1/s1. The lowest BCUT2D eigenvalue weighted by Gasteiger charge is -2.24. The zero-order valence-electron chi connectivity index (χ0n) is 21.9. The molecule has 4 aromatic carbocycles. The number of para-hydroxylation sites is 1. The number of halogens is 1. The van der Waals surface area contributed by atoms with E-state index in [1.165, 1.54) is 46.8 Å². The van der Waals surface area contributed by atoms with E-state index >= 15 is 0 Å². The molecule has 1 aliphatic rings. The molecule has 10 heteroatoms. The monoisotopic (exact) mass is 588 g/mol. The Morgan fingerprint density at radius 1 is 0.902 bits per heavy atom. The van der Waals surface area contributed by atoms with Crippen molar-refractivity contribution in [2.24, 2.45) is 0 Å². The predicted molar refractivity (Wildman–Crippen MR) is 156 cm³/mol. The number of sulfonamides is 1. The van der Waals surface area contributed by atoms with E-state index in [2.05, 4.69) is 5.32 Å². The lowest BCUT2D eigenvalue weighted by atomic mass is 10.0. The number of nitrogens with zero attached hydrogens (tertiary/aromatic N) is 1. The third kappa shape index (κ3) is 5.86. The third-order valence-electron chi connectivity index (χ3n) is 6.64. The van der Waals surface area contributed by atoms with Crippen LogP contribution in [0.4, 0.5) is 11.4 Å². The summed E-state index contributed by atoms with van der Waals surface area (Å²) in [5.41, 5.74) is 2.32. The summed E-state index contributed by atoms with van der Waals surface area (Å²) in [5.74, 6) is -1.90. The van der Waals surface area contributed by atoms with Crippen LogP contribution in [0.25, 0.3) is 0 Å². The highest BCUT2D eigenvalue weighted by molar-refractivity contribution is 7.92. The predicted octanol–water partition coefficient (Wildman–Crippen LogP) is 5.51. The summed E-state index contributed by atoms with van der Waals surface area (Å²) in [6.07, 6.45) is 0.582. The molecule has 0 radical (unpaired) electrons. The van der Waals surface area contributed by atoms with Gasteiger partial charge in [-0.2, -0.15) is 0 Å². The lowest BCUT2D eigenvalue weighted by Crippen LogP contribution is -2.35. The molecule has 0 bridgehead atoms. The van der Waals surface area contributed by atoms with Gasteiger partial charge in [0.15, 0.2) is 12.4 Å². The van der Waals surface area contributed by atoms with Crippen molar-refractivity contribution < 1.29 is 27.5 Å². The Morgan fingerprint density at radius 3 is 2.39 bits per heavy atom. The smallest absolute Gasteiger partial charge is 0.338 e. The van der Waals surface area contributed by atoms with Gasteiger partial charge >= 0.3 is 5.97 Å². The van der Waals surface area contributed by atoms with Crippen molar-refractivity contribution in [3.05, 3.63) is 124 Å². The molecule has 0 spiro atoms. The fraction of sp³-hybridized carbons (Fsp3) is 0.129. The number of hydrogen-bond donors (Lipinski definition) is 1. The van der Waals surface area contributed by atoms with Crippen molar-refractivity contribution in [2.75, 3.05) is 16.2 Å². The zero-order valence-corrected chi connectivity index (χ0v) is 23.5. The molecule has 1 aliphatic heterocycles. The van der Waals surface area contributed by atoms with Crippen molar-refractivity contribution in [2.45, 2.75) is 24.3 Å². The number of fused-ring (bicyclic) bond motifs is 1. The molecule has 4 aromatic rings. The molecule has 0 unspecified atom stereocenters. The van der Waals surface area contributed by atoms with Gasteiger partial charge < -0.3 is 10.1 Å². The number of ether oxygens (including phenoxy) is 1. The van der Waals surface area contributed by atoms with Crippen molar-refractivity contribution in [1.82, 2.24) is 0 Å². The number of nitrogens with one attached hydrogen (secondary N) is 1. The topological polar surface area (TPSA) is 110 Å². The van der Waals surface area contributed by atoms with Crippen molar-refractivity contribution in [3.63, 3.8) is 0 Å². The van der Waals surface area contributed by atoms with Gasteiger partial charge in [0.05, 0.1) is 21.8 Å². The molecule has 1 N–H and O–H groups in total. The molecule has 0 aromatic heterocycles. The minimum Gasteiger partial charge on any atom is -0.452 e. The SMILES string of the molecule is C[C@@H]1Cc2ccccc2N1S(=O)(=O)c1cccc(C(=O)OCC(=O)Nc2ccc(Cl)cc2C(=O)c2ccccc2)c1. The highest BCUT2D eigenvalue weighted by Crippen LogP contribution is 2.36. The van der Waals surface area contributed by atoms with E-state index in [0.29, 0.717) is 22.7 Å². The first kappa shape index (κ1) is 28.1. The molecule has 1 heterocycles. The number of anilines is 2. The summed E-state index contributed by atoms with van der Waals surface area (Å²) in [5, 5.41) is 2.90. The molecular formula is C31H25ClN2O6S. The summed E-state index contributed by atoms with van der Waals surface area (Å²) >= 11 is 6.09. The van der Waals surface area contributed by atoms with Crippen LogP contribution in [0.1, 0.15) is 38.8 Å². The maximum Gasteiger partial charge on any atom is 0.338 e. The first-order chi connectivity index (χ1) is 19.6. The Kier molecular flexibility index (Phi) is 7.92. The minimum atomic E-state index is -3.97. The van der Waals surface area contributed by atoms with E-state index in [1.54, 1.807) is 42.5 Å². The number of ketones is 1. The molecule has 41 heavy (non-hydrogen) atoms. The molecule has 1 amide bonds. The van der Waals surface area contributed by atoms with Crippen LogP contribution in [-0.2, 0) is 26.0 Å². The fourth-order valence-electron chi connectivity index (χ4n) is 4.76. The summed E-state index contributed by atoms with van der Waals surface area (Å²) in [4.78, 5) is 38.4. The number of benzene rings is 4. The van der Waals surface area contributed by atoms with Gasteiger partial charge in [-0.15, -0.1) is 0 Å². The number of amides is 1. The van der Waals surface area contributed by atoms with Crippen LogP contribution in [0.2, 0.25) is 5.02 Å². The van der Waals surface area contributed by atoms with Crippen LogP contribution in [0.3, 0.4) is 0 Å². The second kappa shape index (κ2) is 11.6. The second-order valence-corrected chi connectivity index (χ2v) is 11.8. The van der Waals surface area contributed by atoms with E-state index in [1.807, 2.05) is 19.1 Å². The summed E-state index contributed by atoms with van der Waals surface area (Å²) in [6.45, 7) is 1.17. The highest BCUT2D eigenvalue weighted by atomic mass is 35.5. The van der Waals surface area contributed by atoms with Gasteiger partial charge in [0, 0.05) is 22.2 Å². The van der Waals surface area contributed by atoms with Gasteiger partial charge in [-0.25, -0.2) is 13.2 Å². The lowest BCUT2D eigenvalue weighted by molar-refractivity contribution is -0.119. The molecule has 8 nitrogen and oxygen atoms in total. The van der Waals surface area contributed by atoms with Crippen LogP contribution in [0.15, 0.2) is 102 Å².